The van der Waals surface area contributed by atoms with Crippen LogP contribution in [0.3, 0.4) is 0 Å². The minimum Gasteiger partial charge on any atom is -0.453 e. The van der Waals surface area contributed by atoms with Crippen molar-refractivity contribution in [3.8, 4) is 0 Å². The normalized spacial score (nSPS) is 19.1. The van der Waals surface area contributed by atoms with Gasteiger partial charge in [-0.15, -0.1) is 0 Å². The maximum Gasteiger partial charge on any atom is 0.418 e. The number of non-ortho nitro benzene ring substituents is 1. The number of amides is 2. The summed E-state index contributed by atoms with van der Waals surface area (Å²) in [6.07, 6.45) is -4.73. The molecule has 0 bridgehead atoms. The number of nitrogens with zero attached hydrogens (tertiary/aromatic N) is 2. The first-order valence-electron chi connectivity index (χ1n) is 9.47. The largest absolute Gasteiger partial charge is 0.453 e. The second-order valence-electron chi connectivity index (χ2n) is 7.19. The molecule has 2 aromatic carbocycles. The monoisotopic (exact) mass is 481 g/mol. The summed E-state index contributed by atoms with van der Waals surface area (Å²) < 4.78 is 44.9. The van der Waals surface area contributed by atoms with Gasteiger partial charge >= 0.3 is 12.1 Å². The van der Waals surface area contributed by atoms with E-state index in [9.17, 15) is 37.7 Å². The molecule has 9 nitrogen and oxygen atoms in total. The zero-order valence-electron chi connectivity index (χ0n) is 16.5. The number of nitro benzene ring substituents is 1. The number of nitrogens with one attached hydrogen (secondary N) is 1. The molecule has 2 amide bonds. The Kier molecular flexibility index (Phi) is 5.52. The van der Waals surface area contributed by atoms with Gasteiger partial charge in [-0.1, -0.05) is 23.9 Å². The number of anilines is 2. The van der Waals surface area contributed by atoms with E-state index in [1.165, 1.54) is 4.90 Å². The van der Waals surface area contributed by atoms with Gasteiger partial charge in [-0.2, -0.15) is 13.2 Å². The maximum absolute atomic E-state index is 13.3. The summed E-state index contributed by atoms with van der Waals surface area (Å²) >= 11 is 1.12. The highest BCUT2D eigenvalue weighted by Gasteiger charge is 2.58. The fourth-order valence-corrected chi connectivity index (χ4v) is 5.10. The Morgan fingerprint density at radius 3 is 2.67 bits per heavy atom. The number of nitro groups is 1. The molecule has 33 heavy (non-hydrogen) atoms. The van der Waals surface area contributed by atoms with Gasteiger partial charge < -0.3 is 10.1 Å². The second-order valence-corrected chi connectivity index (χ2v) is 8.51. The molecule has 0 radical (unpaired) electrons. The number of benzene rings is 2. The van der Waals surface area contributed by atoms with Crippen molar-refractivity contribution in [1.82, 2.24) is 0 Å². The highest BCUT2D eigenvalue weighted by Crippen LogP contribution is 2.56. The van der Waals surface area contributed by atoms with Crippen LogP contribution >= 0.6 is 11.8 Å². The average Bonchev–Trinajstić information content (AvgIpc) is 3.27. The molecular formula is C20H14F3N3O6S. The minimum atomic E-state index is -4.97. The molecule has 1 N–H and O–H groups in total. The summed E-state index contributed by atoms with van der Waals surface area (Å²) in [7, 11) is 0. The van der Waals surface area contributed by atoms with Crippen LogP contribution in [-0.4, -0.2) is 34.2 Å². The number of carbonyl (C=O) groups is 3. The first kappa shape index (κ1) is 22.6. The van der Waals surface area contributed by atoms with Crippen LogP contribution in [0.15, 0.2) is 47.4 Å². The van der Waals surface area contributed by atoms with E-state index in [4.69, 9.17) is 4.74 Å². The average molecular weight is 481 g/mol. The number of halogens is 3. The van der Waals surface area contributed by atoms with E-state index in [0.29, 0.717) is 16.6 Å². The summed E-state index contributed by atoms with van der Waals surface area (Å²) in [4.78, 5) is 47.9. The summed E-state index contributed by atoms with van der Waals surface area (Å²) in [6.45, 7) is -0.909. The fourth-order valence-electron chi connectivity index (χ4n) is 3.69. The van der Waals surface area contributed by atoms with Gasteiger partial charge in [0.05, 0.1) is 21.9 Å². The lowest BCUT2D eigenvalue weighted by molar-refractivity contribution is -0.385. The lowest BCUT2D eigenvalue weighted by Gasteiger charge is -2.28. The molecule has 0 aromatic heterocycles. The highest BCUT2D eigenvalue weighted by atomic mass is 32.2. The third-order valence-corrected chi connectivity index (χ3v) is 6.58. The lowest BCUT2D eigenvalue weighted by atomic mass is 10.1. The molecule has 4 rings (SSSR count). The predicted octanol–water partition coefficient (Wildman–Crippen LogP) is 3.72. The van der Waals surface area contributed by atoms with E-state index in [2.05, 4.69) is 0 Å². The molecular weight excluding hydrogens is 467 g/mol. The third-order valence-electron chi connectivity index (χ3n) is 5.12. The van der Waals surface area contributed by atoms with E-state index < -0.39 is 51.4 Å². The zero-order chi connectivity index (χ0) is 24.0. The van der Waals surface area contributed by atoms with Gasteiger partial charge in [-0.25, -0.2) is 4.79 Å². The molecule has 1 saturated heterocycles. The van der Waals surface area contributed by atoms with Gasteiger partial charge in [0, 0.05) is 29.9 Å². The van der Waals surface area contributed by atoms with Gasteiger partial charge in [0.15, 0.2) is 11.5 Å². The smallest absolute Gasteiger partial charge is 0.418 e. The van der Waals surface area contributed by atoms with Crippen molar-refractivity contribution in [3.05, 3.63) is 58.1 Å². The summed E-state index contributed by atoms with van der Waals surface area (Å²) in [5.41, 5.74) is -2.38. The zero-order valence-corrected chi connectivity index (χ0v) is 17.4. The topological polar surface area (TPSA) is 119 Å². The number of rotatable bonds is 5. The number of thioether (sulfide) groups is 1. The molecule has 2 aliphatic heterocycles. The molecule has 2 heterocycles. The van der Waals surface area contributed by atoms with Crippen molar-refractivity contribution < 1.29 is 37.2 Å². The number of carbonyl (C=O) groups excluding carboxylic acids is 3. The number of alkyl halides is 3. The lowest BCUT2D eigenvalue weighted by Crippen LogP contribution is -2.48. The molecule has 2 aromatic rings. The van der Waals surface area contributed by atoms with Crippen LogP contribution in [0.4, 0.5) is 30.2 Å². The molecule has 1 unspecified atom stereocenters. The molecule has 1 atom stereocenters. The van der Waals surface area contributed by atoms with Gasteiger partial charge in [-0.3, -0.25) is 24.6 Å². The Morgan fingerprint density at radius 1 is 1.24 bits per heavy atom. The molecule has 13 heteroatoms. The first-order chi connectivity index (χ1) is 15.5. The fraction of sp³-hybridized carbons (Fsp3) is 0.250. The number of esters is 1. The van der Waals surface area contributed by atoms with Gasteiger partial charge in [-0.05, 0) is 18.2 Å². The predicted molar refractivity (Wildman–Crippen MR) is 109 cm³/mol. The van der Waals surface area contributed by atoms with Crippen LogP contribution in [0.2, 0.25) is 0 Å². The summed E-state index contributed by atoms with van der Waals surface area (Å²) in [6, 6.07) is 8.73. The van der Waals surface area contributed by atoms with Crippen molar-refractivity contribution in [3.63, 3.8) is 0 Å². The van der Waals surface area contributed by atoms with Crippen molar-refractivity contribution in [1.29, 1.82) is 0 Å². The SMILES string of the molecule is O=C(COC(=O)C12CCC(=O)N1c1ccccc1S2)Nc1ccc([N+](=O)[O-])cc1C(F)(F)F. The van der Waals surface area contributed by atoms with Crippen LogP contribution in [0, 0.1) is 10.1 Å². The van der Waals surface area contributed by atoms with Crippen molar-refractivity contribution >= 4 is 46.6 Å². The standard InChI is InChI=1S/C20H14F3N3O6S/c21-20(22,23)12-9-11(26(30)31)5-6-13(12)24-16(27)10-32-18(29)19-8-7-17(28)25(19)14-3-1-2-4-15(14)33-19/h1-6,9H,7-8,10H2,(H,24,27). The Hall–Kier alpha value is -3.61. The van der Waals surface area contributed by atoms with E-state index in [1.54, 1.807) is 24.3 Å². The number of ether oxygens (including phenoxy) is 1. The Morgan fingerprint density at radius 2 is 1.97 bits per heavy atom. The number of hydrogen-bond acceptors (Lipinski definition) is 7. The van der Waals surface area contributed by atoms with Crippen LogP contribution in [-0.2, 0) is 25.3 Å². The molecule has 0 spiro atoms. The van der Waals surface area contributed by atoms with E-state index in [1.807, 2.05) is 5.32 Å². The van der Waals surface area contributed by atoms with Crippen molar-refractivity contribution in [2.24, 2.45) is 0 Å². The highest BCUT2D eigenvalue weighted by molar-refractivity contribution is 8.02. The maximum atomic E-state index is 13.3. The molecule has 0 saturated carbocycles. The number of fused-ring (bicyclic) bond motifs is 3. The van der Waals surface area contributed by atoms with Crippen LogP contribution in [0.5, 0.6) is 0 Å². The van der Waals surface area contributed by atoms with Crippen molar-refractivity contribution in [2.45, 2.75) is 28.8 Å². The van der Waals surface area contributed by atoms with E-state index in [0.717, 1.165) is 23.9 Å². The van der Waals surface area contributed by atoms with Crippen molar-refractivity contribution in [2.75, 3.05) is 16.8 Å². The summed E-state index contributed by atoms with van der Waals surface area (Å²) in [5, 5.41) is 12.7. The third kappa shape index (κ3) is 3.99. The van der Waals surface area contributed by atoms with E-state index >= 15 is 0 Å². The van der Waals surface area contributed by atoms with Gasteiger partial charge in [0.25, 0.3) is 11.6 Å². The van der Waals surface area contributed by atoms with Crippen LogP contribution in [0.1, 0.15) is 18.4 Å². The number of para-hydroxylation sites is 1. The second kappa shape index (κ2) is 8.06. The summed E-state index contributed by atoms with van der Waals surface area (Å²) in [5.74, 6) is -2.23. The Labute approximate surface area is 188 Å². The molecule has 172 valence electrons. The first-order valence-corrected chi connectivity index (χ1v) is 10.3. The van der Waals surface area contributed by atoms with Crippen LogP contribution in [0.25, 0.3) is 0 Å². The molecule has 2 aliphatic rings. The molecule has 1 fully saturated rings. The number of hydrogen-bond donors (Lipinski definition) is 1. The Balaban J connectivity index is 1.48. The minimum absolute atomic E-state index is 0.0976. The van der Waals surface area contributed by atoms with E-state index in [-0.39, 0.29) is 18.7 Å². The van der Waals surface area contributed by atoms with Crippen LogP contribution < -0.4 is 10.2 Å². The Bertz CT molecular complexity index is 1190. The van der Waals surface area contributed by atoms with Gasteiger partial charge in [0.1, 0.15) is 0 Å². The quantitative estimate of drug-likeness (QED) is 0.393. The molecule has 0 aliphatic carbocycles. The van der Waals surface area contributed by atoms with Gasteiger partial charge in [0.2, 0.25) is 5.91 Å².